The van der Waals surface area contributed by atoms with Crippen LogP contribution in [0.5, 0.6) is 5.75 Å². The van der Waals surface area contributed by atoms with Gasteiger partial charge in [0, 0.05) is 12.1 Å². The van der Waals surface area contributed by atoms with E-state index in [2.05, 4.69) is 16.3 Å². The lowest BCUT2D eigenvalue weighted by molar-refractivity contribution is -0.122. The van der Waals surface area contributed by atoms with Crippen LogP contribution in [-0.4, -0.2) is 55.6 Å². The van der Waals surface area contributed by atoms with Crippen LogP contribution >= 0.6 is 11.8 Å². The van der Waals surface area contributed by atoms with E-state index in [0.29, 0.717) is 13.0 Å². The van der Waals surface area contributed by atoms with E-state index in [1.165, 1.54) is 19.3 Å². The van der Waals surface area contributed by atoms with Crippen molar-refractivity contribution in [2.75, 3.05) is 38.8 Å². The van der Waals surface area contributed by atoms with Crippen molar-refractivity contribution in [1.82, 2.24) is 10.2 Å². The minimum atomic E-state index is -0.438. The summed E-state index contributed by atoms with van der Waals surface area (Å²) in [5.74, 6) is 1.71. The molecule has 0 aliphatic carbocycles. The van der Waals surface area contributed by atoms with Crippen molar-refractivity contribution in [2.24, 2.45) is 5.73 Å². The quantitative estimate of drug-likeness (QED) is 0.703. The maximum atomic E-state index is 12.3. The third-order valence-corrected chi connectivity index (χ3v) is 5.41. The molecule has 0 spiro atoms. The van der Waals surface area contributed by atoms with Gasteiger partial charge in [-0.05, 0) is 50.4 Å². The number of hydrogen-bond acceptors (Lipinski definition) is 5. The second-order valence-electron chi connectivity index (χ2n) is 6.49. The molecule has 1 aromatic rings. The summed E-state index contributed by atoms with van der Waals surface area (Å²) in [5, 5.41) is 3.07. The Bertz CT molecular complexity index is 535. The zero-order valence-corrected chi connectivity index (χ0v) is 16.2. The van der Waals surface area contributed by atoms with Crippen LogP contribution < -0.4 is 15.8 Å². The first kappa shape index (κ1) is 20.1. The Hall–Kier alpha value is -1.24. The number of rotatable bonds is 9. The maximum absolute atomic E-state index is 12.3. The molecule has 3 N–H and O–H groups in total. The summed E-state index contributed by atoms with van der Waals surface area (Å²) in [5.41, 5.74) is 7.13. The molecule has 0 radical (unpaired) electrons. The van der Waals surface area contributed by atoms with Crippen molar-refractivity contribution >= 4 is 17.7 Å². The molecule has 25 heavy (non-hydrogen) atoms. The van der Waals surface area contributed by atoms with Gasteiger partial charge in [0.25, 0.3) is 0 Å². The van der Waals surface area contributed by atoms with E-state index >= 15 is 0 Å². The number of nitrogens with zero attached hydrogens (tertiary/aromatic N) is 1. The first-order chi connectivity index (χ1) is 12.2. The van der Waals surface area contributed by atoms with Crippen molar-refractivity contribution in [3.8, 4) is 5.75 Å². The Labute approximate surface area is 155 Å². The van der Waals surface area contributed by atoms with Crippen LogP contribution in [0, 0.1) is 0 Å². The van der Waals surface area contributed by atoms with Gasteiger partial charge in [0.1, 0.15) is 5.75 Å². The predicted octanol–water partition coefficient (Wildman–Crippen LogP) is 2.42. The Morgan fingerprint density at radius 2 is 2.04 bits per heavy atom. The van der Waals surface area contributed by atoms with Crippen LogP contribution in [0.2, 0.25) is 0 Å². The fourth-order valence-corrected chi connectivity index (χ4v) is 3.80. The molecule has 1 aromatic carbocycles. The van der Waals surface area contributed by atoms with Gasteiger partial charge in [0.2, 0.25) is 5.91 Å². The molecule has 0 bridgehead atoms. The molecule has 1 heterocycles. The number of amides is 1. The Balaban J connectivity index is 2.08. The third-order valence-electron chi connectivity index (χ3n) is 4.77. The Morgan fingerprint density at radius 3 is 2.72 bits per heavy atom. The highest BCUT2D eigenvalue weighted by atomic mass is 32.2. The van der Waals surface area contributed by atoms with E-state index in [1.54, 1.807) is 18.9 Å². The van der Waals surface area contributed by atoms with Crippen molar-refractivity contribution in [2.45, 2.75) is 37.8 Å². The lowest BCUT2D eigenvalue weighted by Crippen LogP contribution is -2.46. The summed E-state index contributed by atoms with van der Waals surface area (Å²) in [4.78, 5) is 14.8. The minimum absolute atomic E-state index is 0.0639. The molecule has 2 rings (SSSR count). The molecule has 2 atom stereocenters. The second kappa shape index (κ2) is 10.7. The van der Waals surface area contributed by atoms with E-state index in [-0.39, 0.29) is 11.9 Å². The number of hydrogen-bond donors (Lipinski definition) is 2. The van der Waals surface area contributed by atoms with Gasteiger partial charge in [0.05, 0.1) is 19.2 Å². The van der Waals surface area contributed by atoms with Gasteiger partial charge in [-0.25, -0.2) is 0 Å². The van der Waals surface area contributed by atoms with Gasteiger partial charge in [-0.15, -0.1) is 0 Å². The number of methoxy groups -OCH3 is 1. The molecule has 1 aliphatic rings. The molecule has 1 aliphatic heterocycles. The zero-order valence-electron chi connectivity index (χ0n) is 15.4. The van der Waals surface area contributed by atoms with Crippen LogP contribution in [0.1, 0.15) is 37.3 Å². The summed E-state index contributed by atoms with van der Waals surface area (Å²) in [7, 11) is 1.70. The Morgan fingerprint density at radius 1 is 1.32 bits per heavy atom. The number of piperidine rings is 1. The summed E-state index contributed by atoms with van der Waals surface area (Å²) in [6, 6.07) is 7.77. The molecule has 1 amide bonds. The molecule has 0 aromatic heterocycles. The summed E-state index contributed by atoms with van der Waals surface area (Å²) >= 11 is 1.71. The van der Waals surface area contributed by atoms with Crippen LogP contribution in [0.3, 0.4) is 0 Å². The van der Waals surface area contributed by atoms with Crippen molar-refractivity contribution in [1.29, 1.82) is 0 Å². The molecule has 140 valence electrons. The maximum Gasteiger partial charge on any atom is 0.237 e. The first-order valence-corrected chi connectivity index (χ1v) is 10.5. The van der Waals surface area contributed by atoms with E-state index in [1.807, 2.05) is 24.5 Å². The molecular formula is C19H31N3O2S. The number of carbonyl (C=O) groups excluding carboxylic acids is 1. The normalized spacial score (nSPS) is 17.7. The van der Waals surface area contributed by atoms with E-state index in [0.717, 1.165) is 30.2 Å². The first-order valence-electron chi connectivity index (χ1n) is 9.06. The SMILES string of the molecule is COc1ccccc1C(CNC(=O)C(N)CCSC)N1CCCCC1. The minimum Gasteiger partial charge on any atom is -0.496 e. The summed E-state index contributed by atoms with van der Waals surface area (Å²) < 4.78 is 5.56. The van der Waals surface area contributed by atoms with Gasteiger partial charge >= 0.3 is 0 Å². The average Bonchev–Trinajstić information content (AvgIpc) is 2.67. The van der Waals surface area contributed by atoms with Gasteiger partial charge in [-0.1, -0.05) is 24.6 Å². The number of nitrogens with one attached hydrogen (secondary N) is 1. The molecular weight excluding hydrogens is 334 g/mol. The number of thioether (sulfide) groups is 1. The average molecular weight is 366 g/mol. The van der Waals surface area contributed by atoms with Crippen LogP contribution in [0.15, 0.2) is 24.3 Å². The molecule has 2 unspecified atom stereocenters. The number of likely N-dealkylation sites (tertiary alicyclic amines) is 1. The van der Waals surface area contributed by atoms with E-state index in [4.69, 9.17) is 10.5 Å². The molecule has 1 fully saturated rings. The summed E-state index contributed by atoms with van der Waals surface area (Å²) in [6.07, 6.45) is 6.41. The predicted molar refractivity (Wildman–Crippen MR) is 105 cm³/mol. The zero-order chi connectivity index (χ0) is 18.1. The van der Waals surface area contributed by atoms with Gasteiger partial charge in [-0.3, -0.25) is 9.69 Å². The summed E-state index contributed by atoms with van der Waals surface area (Å²) in [6.45, 7) is 2.67. The lowest BCUT2D eigenvalue weighted by atomic mass is 10.0. The van der Waals surface area contributed by atoms with Gasteiger partial charge in [0.15, 0.2) is 0 Å². The fraction of sp³-hybridized carbons (Fsp3) is 0.632. The van der Waals surface area contributed by atoms with Gasteiger partial charge in [-0.2, -0.15) is 11.8 Å². The highest BCUT2D eigenvalue weighted by Crippen LogP contribution is 2.30. The topological polar surface area (TPSA) is 67.6 Å². The largest absolute Gasteiger partial charge is 0.496 e. The van der Waals surface area contributed by atoms with Crippen molar-refractivity contribution < 1.29 is 9.53 Å². The van der Waals surface area contributed by atoms with Crippen LogP contribution in [0.25, 0.3) is 0 Å². The van der Waals surface area contributed by atoms with Crippen LogP contribution in [0.4, 0.5) is 0 Å². The lowest BCUT2D eigenvalue weighted by Gasteiger charge is -2.35. The van der Waals surface area contributed by atoms with Crippen molar-refractivity contribution in [3.05, 3.63) is 29.8 Å². The number of para-hydroxylation sites is 1. The van der Waals surface area contributed by atoms with Crippen molar-refractivity contribution in [3.63, 3.8) is 0 Å². The second-order valence-corrected chi connectivity index (χ2v) is 7.47. The highest BCUT2D eigenvalue weighted by Gasteiger charge is 2.26. The third kappa shape index (κ3) is 5.90. The number of carbonyl (C=O) groups is 1. The van der Waals surface area contributed by atoms with Crippen LogP contribution in [-0.2, 0) is 4.79 Å². The number of benzene rings is 1. The smallest absolute Gasteiger partial charge is 0.237 e. The number of ether oxygens (including phenoxy) is 1. The molecule has 1 saturated heterocycles. The van der Waals surface area contributed by atoms with Gasteiger partial charge < -0.3 is 15.8 Å². The van der Waals surface area contributed by atoms with E-state index < -0.39 is 6.04 Å². The van der Waals surface area contributed by atoms with E-state index in [9.17, 15) is 4.79 Å². The molecule has 0 saturated carbocycles. The standard InChI is InChI=1S/C19H31N3O2S/c1-24-18-9-5-4-8-15(18)17(22-11-6-3-7-12-22)14-21-19(23)16(20)10-13-25-2/h4-5,8-9,16-17H,3,6-7,10-14,20H2,1-2H3,(H,21,23). The number of nitrogens with two attached hydrogens (primary N) is 1. The highest BCUT2D eigenvalue weighted by molar-refractivity contribution is 7.98. The molecule has 6 heteroatoms. The fourth-order valence-electron chi connectivity index (χ4n) is 3.31. The molecule has 5 nitrogen and oxygen atoms in total. The monoisotopic (exact) mass is 365 g/mol. The Kier molecular flexibility index (Phi) is 8.58.